The van der Waals surface area contributed by atoms with Gasteiger partial charge in [-0.1, -0.05) is 0 Å². The third-order valence-electron chi connectivity index (χ3n) is 3.14. The number of pyridine rings is 2. The Hall–Kier alpha value is -2.36. The van der Waals surface area contributed by atoms with Gasteiger partial charge in [-0.3, -0.25) is 9.78 Å². The SMILES string of the molecule is COc1cc(C)c2[nH]c(=O)c3ccncc3c2c1. The number of aryl methyl sites for hydroxylation is 1. The largest absolute Gasteiger partial charge is 0.497 e. The van der Waals surface area contributed by atoms with Crippen molar-refractivity contribution in [1.82, 2.24) is 9.97 Å². The van der Waals surface area contributed by atoms with Gasteiger partial charge in [-0.05, 0) is 30.7 Å². The predicted molar refractivity (Wildman–Crippen MR) is 71.2 cm³/mol. The molecule has 1 N–H and O–H groups in total. The number of aromatic amines is 1. The average molecular weight is 240 g/mol. The highest BCUT2D eigenvalue weighted by atomic mass is 16.5. The van der Waals surface area contributed by atoms with Gasteiger partial charge in [0.05, 0.1) is 18.0 Å². The average Bonchev–Trinajstić information content (AvgIpc) is 2.40. The van der Waals surface area contributed by atoms with Gasteiger partial charge in [0, 0.05) is 23.2 Å². The second-order valence-corrected chi connectivity index (χ2v) is 4.24. The fourth-order valence-electron chi connectivity index (χ4n) is 2.24. The van der Waals surface area contributed by atoms with E-state index in [0.29, 0.717) is 5.39 Å². The summed E-state index contributed by atoms with van der Waals surface area (Å²) in [5.41, 5.74) is 1.72. The molecule has 0 unspecified atom stereocenters. The van der Waals surface area contributed by atoms with Gasteiger partial charge in [0.1, 0.15) is 5.75 Å². The number of rotatable bonds is 1. The summed E-state index contributed by atoms with van der Waals surface area (Å²) in [7, 11) is 1.63. The van der Waals surface area contributed by atoms with Crippen molar-refractivity contribution >= 4 is 21.7 Å². The third kappa shape index (κ3) is 1.46. The van der Waals surface area contributed by atoms with Crippen molar-refractivity contribution < 1.29 is 4.74 Å². The van der Waals surface area contributed by atoms with E-state index in [4.69, 9.17) is 4.74 Å². The van der Waals surface area contributed by atoms with Crippen molar-refractivity contribution in [2.45, 2.75) is 6.92 Å². The smallest absolute Gasteiger partial charge is 0.256 e. The molecule has 0 aliphatic heterocycles. The van der Waals surface area contributed by atoms with Crippen molar-refractivity contribution in [3.63, 3.8) is 0 Å². The van der Waals surface area contributed by atoms with Crippen LogP contribution in [0, 0.1) is 6.92 Å². The lowest BCUT2D eigenvalue weighted by molar-refractivity contribution is 0.415. The van der Waals surface area contributed by atoms with Gasteiger partial charge in [-0.15, -0.1) is 0 Å². The Morgan fingerprint density at radius 2 is 2.06 bits per heavy atom. The summed E-state index contributed by atoms with van der Waals surface area (Å²) in [6, 6.07) is 5.55. The molecule has 2 heterocycles. The Labute approximate surface area is 103 Å². The predicted octanol–water partition coefficient (Wildman–Crippen LogP) is 2.39. The van der Waals surface area contributed by atoms with Gasteiger partial charge in [0.2, 0.25) is 0 Å². The molecule has 90 valence electrons. The normalized spacial score (nSPS) is 11.0. The number of aromatic nitrogens is 2. The maximum absolute atomic E-state index is 12.0. The van der Waals surface area contributed by atoms with Crippen LogP contribution in [0.15, 0.2) is 35.4 Å². The molecule has 0 radical (unpaired) electrons. The zero-order valence-corrected chi connectivity index (χ0v) is 10.2. The van der Waals surface area contributed by atoms with Crippen LogP contribution >= 0.6 is 0 Å². The number of benzene rings is 1. The van der Waals surface area contributed by atoms with Crippen LogP contribution in [0.1, 0.15) is 5.56 Å². The quantitative estimate of drug-likeness (QED) is 0.664. The molecule has 2 aromatic heterocycles. The minimum Gasteiger partial charge on any atom is -0.497 e. The topological polar surface area (TPSA) is 55.0 Å². The molecule has 0 aliphatic carbocycles. The molecule has 3 rings (SSSR count). The van der Waals surface area contributed by atoms with E-state index in [0.717, 1.165) is 27.6 Å². The highest BCUT2D eigenvalue weighted by Crippen LogP contribution is 2.27. The molecule has 0 saturated carbocycles. The molecule has 0 aliphatic rings. The molecule has 4 nitrogen and oxygen atoms in total. The van der Waals surface area contributed by atoms with Crippen LogP contribution in [0.25, 0.3) is 21.7 Å². The minimum absolute atomic E-state index is 0.0897. The Balaban J connectivity index is 2.60. The molecule has 0 saturated heterocycles. The van der Waals surface area contributed by atoms with Crippen molar-refractivity contribution in [1.29, 1.82) is 0 Å². The summed E-state index contributed by atoms with van der Waals surface area (Å²) in [5.74, 6) is 0.775. The molecule has 0 amide bonds. The maximum atomic E-state index is 12.0. The molecule has 0 spiro atoms. The monoisotopic (exact) mass is 240 g/mol. The lowest BCUT2D eigenvalue weighted by atomic mass is 10.1. The molecule has 18 heavy (non-hydrogen) atoms. The summed E-state index contributed by atoms with van der Waals surface area (Å²) in [4.78, 5) is 19.0. The second-order valence-electron chi connectivity index (χ2n) is 4.24. The zero-order chi connectivity index (χ0) is 12.7. The zero-order valence-electron chi connectivity index (χ0n) is 10.2. The molecule has 0 bridgehead atoms. The summed E-state index contributed by atoms with van der Waals surface area (Å²) in [6.07, 6.45) is 3.34. The molecule has 0 fully saturated rings. The van der Waals surface area contributed by atoms with E-state index in [1.165, 1.54) is 0 Å². The van der Waals surface area contributed by atoms with Gasteiger partial charge in [-0.25, -0.2) is 0 Å². The first kappa shape index (κ1) is 10.8. The van der Waals surface area contributed by atoms with Crippen molar-refractivity contribution in [3.05, 3.63) is 46.5 Å². The highest BCUT2D eigenvalue weighted by molar-refractivity contribution is 6.06. The van der Waals surface area contributed by atoms with Crippen LogP contribution in [0.5, 0.6) is 5.75 Å². The van der Waals surface area contributed by atoms with Crippen molar-refractivity contribution in [2.75, 3.05) is 7.11 Å². The maximum Gasteiger partial charge on any atom is 0.256 e. The van der Waals surface area contributed by atoms with E-state index in [2.05, 4.69) is 9.97 Å². The van der Waals surface area contributed by atoms with Crippen LogP contribution in [0.2, 0.25) is 0 Å². The van der Waals surface area contributed by atoms with Crippen LogP contribution in [0.4, 0.5) is 0 Å². The van der Waals surface area contributed by atoms with E-state index in [1.54, 1.807) is 25.6 Å². The Morgan fingerprint density at radius 1 is 1.22 bits per heavy atom. The van der Waals surface area contributed by atoms with Gasteiger partial charge < -0.3 is 9.72 Å². The van der Waals surface area contributed by atoms with Gasteiger partial charge in [0.15, 0.2) is 0 Å². The Morgan fingerprint density at radius 3 is 2.83 bits per heavy atom. The van der Waals surface area contributed by atoms with E-state index in [1.807, 2.05) is 19.1 Å². The third-order valence-corrected chi connectivity index (χ3v) is 3.14. The number of hydrogen-bond donors (Lipinski definition) is 1. The van der Waals surface area contributed by atoms with Gasteiger partial charge in [-0.2, -0.15) is 0 Å². The van der Waals surface area contributed by atoms with Gasteiger partial charge >= 0.3 is 0 Å². The molecule has 3 aromatic rings. The number of nitrogens with zero attached hydrogens (tertiary/aromatic N) is 1. The van der Waals surface area contributed by atoms with E-state index in [-0.39, 0.29) is 5.56 Å². The Kier molecular flexibility index (Phi) is 2.30. The molecular weight excluding hydrogens is 228 g/mol. The first-order valence-corrected chi connectivity index (χ1v) is 5.65. The summed E-state index contributed by atoms with van der Waals surface area (Å²) in [6.45, 7) is 1.95. The highest BCUT2D eigenvalue weighted by Gasteiger charge is 2.08. The van der Waals surface area contributed by atoms with E-state index in [9.17, 15) is 4.79 Å². The lowest BCUT2D eigenvalue weighted by Crippen LogP contribution is -2.07. The number of fused-ring (bicyclic) bond motifs is 3. The number of nitrogens with one attached hydrogen (secondary N) is 1. The fraction of sp³-hybridized carbons (Fsp3) is 0.143. The molecule has 0 atom stereocenters. The first-order valence-electron chi connectivity index (χ1n) is 5.65. The van der Waals surface area contributed by atoms with Gasteiger partial charge in [0.25, 0.3) is 5.56 Å². The minimum atomic E-state index is -0.0897. The first-order chi connectivity index (χ1) is 8.70. The molecule has 1 aromatic carbocycles. The number of ether oxygens (including phenoxy) is 1. The summed E-state index contributed by atoms with van der Waals surface area (Å²) < 4.78 is 5.27. The van der Waals surface area contributed by atoms with Crippen LogP contribution in [-0.2, 0) is 0 Å². The van der Waals surface area contributed by atoms with Crippen LogP contribution in [-0.4, -0.2) is 17.1 Å². The van der Waals surface area contributed by atoms with Crippen molar-refractivity contribution in [2.24, 2.45) is 0 Å². The number of methoxy groups -OCH3 is 1. The summed E-state index contributed by atoms with van der Waals surface area (Å²) >= 11 is 0. The van der Waals surface area contributed by atoms with Crippen LogP contribution in [0.3, 0.4) is 0 Å². The molecule has 4 heteroatoms. The molecular formula is C14H12N2O2. The number of hydrogen-bond acceptors (Lipinski definition) is 3. The second kappa shape index (κ2) is 3.84. The summed E-state index contributed by atoms with van der Waals surface area (Å²) in [5, 5.41) is 2.44. The van der Waals surface area contributed by atoms with Crippen LogP contribution < -0.4 is 10.3 Å². The van der Waals surface area contributed by atoms with Crippen molar-refractivity contribution in [3.8, 4) is 5.75 Å². The Bertz CT molecular complexity index is 806. The van der Waals surface area contributed by atoms with E-state index >= 15 is 0 Å². The lowest BCUT2D eigenvalue weighted by Gasteiger charge is -2.08. The standard InChI is InChI=1S/C14H12N2O2/c1-8-5-9(18-2)6-11-12-7-15-4-3-10(12)14(17)16-13(8)11/h3-7H,1-2H3,(H,16,17). The van der Waals surface area contributed by atoms with E-state index < -0.39 is 0 Å². The number of H-pyrrole nitrogens is 1. The fourth-order valence-corrected chi connectivity index (χ4v) is 2.24.